The summed E-state index contributed by atoms with van der Waals surface area (Å²) in [5.41, 5.74) is 0. The van der Waals surface area contributed by atoms with E-state index in [9.17, 15) is 4.79 Å². The Morgan fingerprint density at radius 2 is 2.46 bits per heavy atom. The molecular weight excluding hydrogens is 164 g/mol. The summed E-state index contributed by atoms with van der Waals surface area (Å²) in [5.74, 6) is 0.00914. The molecule has 0 bridgehead atoms. The van der Waals surface area contributed by atoms with E-state index < -0.39 is 0 Å². The molecule has 0 aromatic carbocycles. The SMILES string of the molecule is C/C=C/C(=O)NCC1CCCCN1. The molecule has 13 heavy (non-hydrogen) atoms. The van der Waals surface area contributed by atoms with Gasteiger partial charge in [0.15, 0.2) is 0 Å². The van der Waals surface area contributed by atoms with Crippen LogP contribution in [0.3, 0.4) is 0 Å². The lowest BCUT2D eigenvalue weighted by molar-refractivity contribution is -0.116. The van der Waals surface area contributed by atoms with Gasteiger partial charge in [-0.1, -0.05) is 12.5 Å². The molecular formula is C10H18N2O. The highest BCUT2D eigenvalue weighted by Gasteiger charge is 2.11. The minimum absolute atomic E-state index is 0.00914. The predicted molar refractivity (Wildman–Crippen MR) is 53.5 cm³/mol. The molecule has 1 amide bonds. The van der Waals surface area contributed by atoms with Crippen LogP contribution in [0.4, 0.5) is 0 Å². The molecule has 0 saturated carbocycles. The first-order valence-corrected chi connectivity index (χ1v) is 4.97. The fourth-order valence-electron chi connectivity index (χ4n) is 1.53. The van der Waals surface area contributed by atoms with Crippen LogP contribution >= 0.6 is 0 Å². The van der Waals surface area contributed by atoms with Crippen molar-refractivity contribution >= 4 is 5.91 Å². The Labute approximate surface area is 79.6 Å². The summed E-state index contributed by atoms with van der Waals surface area (Å²) in [6.45, 7) is 3.69. The third-order valence-corrected chi connectivity index (χ3v) is 2.25. The van der Waals surface area contributed by atoms with Gasteiger partial charge in [-0.3, -0.25) is 4.79 Å². The maximum absolute atomic E-state index is 11.1. The highest BCUT2D eigenvalue weighted by atomic mass is 16.1. The standard InChI is InChI=1S/C10H18N2O/c1-2-5-10(13)12-8-9-6-3-4-7-11-9/h2,5,9,11H,3-4,6-8H2,1H3,(H,12,13)/b5-2+. The molecule has 2 N–H and O–H groups in total. The van der Waals surface area contributed by atoms with E-state index in [4.69, 9.17) is 0 Å². The molecule has 0 aliphatic carbocycles. The average Bonchev–Trinajstić information content (AvgIpc) is 2.17. The molecule has 0 spiro atoms. The van der Waals surface area contributed by atoms with Crippen LogP contribution in [0.25, 0.3) is 0 Å². The van der Waals surface area contributed by atoms with Crippen molar-refractivity contribution in [3.8, 4) is 0 Å². The minimum atomic E-state index is 0.00914. The number of carbonyl (C=O) groups is 1. The molecule has 0 radical (unpaired) electrons. The Hall–Kier alpha value is -0.830. The van der Waals surface area contributed by atoms with Crippen molar-refractivity contribution in [1.82, 2.24) is 10.6 Å². The highest BCUT2D eigenvalue weighted by Crippen LogP contribution is 2.05. The minimum Gasteiger partial charge on any atom is -0.351 e. The smallest absolute Gasteiger partial charge is 0.243 e. The lowest BCUT2D eigenvalue weighted by Crippen LogP contribution is -2.43. The van der Waals surface area contributed by atoms with Gasteiger partial charge in [-0.25, -0.2) is 0 Å². The van der Waals surface area contributed by atoms with Crippen molar-refractivity contribution < 1.29 is 4.79 Å². The van der Waals surface area contributed by atoms with E-state index in [0.717, 1.165) is 13.1 Å². The summed E-state index contributed by atoms with van der Waals surface area (Å²) in [6, 6.07) is 0.475. The number of piperidine rings is 1. The summed E-state index contributed by atoms with van der Waals surface area (Å²) in [7, 11) is 0. The molecule has 1 aliphatic heterocycles. The first-order chi connectivity index (χ1) is 6.33. The maximum atomic E-state index is 11.1. The lowest BCUT2D eigenvalue weighted by atomic mass is 10.1. The summed E-state index contributed by atoms with van der Waals surface area (Å²) in [5, 5.41) is 6.24. The summed E-state index contributed by atoms with van der Waals surface area (Å²) in [6.07, 6.45) is 7.03. The van der Waals surface area contributed by atoms with E-state index in [0.29, 0.717) is 6.04 Å². The van der Waals surface area contributed by atoms with Crippen LogP contribution < -0.4 is 10.6 Å². The second-order valence-electron chi connectivity index (χ2n) is 3.39. The van der Waals surface area contributed by atoms with E-state index in [1.165, 1.54) is 19.3 Å². The number of amides is 1. The van der Waals surface area contributed by atoms with Gasteiger partial charge in [-0.2, -0.15) is 0 Å². The van der Waals surface area contributed by atoms with Crippen LogP contribution in [-0.4, -0.2) is 25.0 Å². The van der Waals surface area contributed by atoms with Crippen molar-refractivity contribution in [2.24, 2.45) is 0 Å². The molecule has 1 aliphatic rings. The number of rotatable bonds is 3. The second-order valence-corrected chi connectivity index (χ2v) is 3.39. The zero-order valence-electron chi connectivity index (χ0n) is 8.18. The fourth-order valence-corrected chi connectivity index (χ4v) is 1.53. The molecule has 1 saturated heterocycles. The van der Waals surface area contributed by atoms with E-state index in [-0.39, 0.29) is 5.91 Å². The Balaban J connectivity index is 2.13. The van der Waals surface area contributed by atoms with Gasteiger partial charge in [0, 0.05) is 12.6 Å². The van der Waals surface area contributed by atoms with Crippen molar-refractivity contribution in [2.75, 3.05) is 13.1 Å². The highest BCUT2D eigenvalue weighted by molar-refractivity contribution is 5.87. The van der Waals surface area contributed by atoms with Gasteiger partial charge >= 0.3 is 0 Å². The van der Waals surface area contributed by atoms with E-state index in [1.807, 2.05) is 6.92 Å². The van der Waals surface area contributed by atoms with Crippen LogP contribution in [-0.2, 0) is 4.79 Å². The molecule has 1 rings (SSSR count). The molecule has 1 unspecified atom stereocenters. The summed E-state index contributed by atoms with van der Waals surface area (Å²) in [4.78, 5) is 11.1. The zero-order valence-corrected chi connectivity index (χ0v) is 8.18. The molecule has 3 nitrogen and oxygen atoms in total. The number of hydrogen-bond acceptors (Lipinski definition) is 2. The second kappa shape index (κ2) is 5.75. The third kappa shape index (κ3) is 4.08. The molecule has 74 valence electrons. The summed E-state index contributed by atoms with van der Waals surface area (Å²) >= 11 is 0. The van der Waals surface area contributed by atoms with Gasteiger partial charge in [0.05, 0.1) is 0 Å². The molecule has 1 atom stereocenters. The monoisotopic (exact) mass is 182 g/mol. The van der Waals surface area contributed by atoms with Gasteiger partial charge in [0.2, 0.25) is 5.91 Å². The Morgan fingerprint density at radius 3 is 3.08 bits per heavy atom. The number of carbonyl (C=O) groups excluding carboxylic acids is 1. The van der Waals surface area contributed by atoms with Crippen LogP contribution in [0.1, 0.15) is 26.2 Å². The number of allylic oxidation sites excluding steroid dienone is 1. The van der Waals surface area contributed by atoms with Gasteiger partial charge in [0.25, 0.3) is 0 Å². The fraction of sp³-hybridized carbons (Fsp3) is 0.700. The molecule has 1 heterocycles. The van der Waals surface area contributed by atoms with Crippen molar-refractivity contribution in [3.63, 3.8) is 0 Å². The molecule has 0 aromatic rings. The van der Waals surface area contributed by atoms with Crippen LogP contribution in [0.15, 0.2) is 12.2 Å². The third-order valence-electron chi connectivity index (χ3n) is 2.25. The summed E-state index contributed by atoms with van der Waals surface area (Å²) < 4.78 is 0. The maximum Gasteiger partial charge on any atom is 0.243 e. The Kier molecular flexibility index (Phi) is 4.54. The van der Waals surface area contributed by atoms with Crippen molar-refractivity contribution in [3.05, 3.63) is 12.2 Å². The first kappa shape index (κ1) is 10.3. The topological polar surface area (TPSA) is 41.1 Å². The average molecular weight is 182 g/mol. The van der Waals surface area contributed by atoms with Crippen LogP contribution in [0.5, 0.6) is 0 Å². The van der Waals surface area contributed by atoms with Crippen LogP contribution in [0, 0.1) is 0 Å². The Bertz CT molecular complexity index is 183. The number of hydrogen-bond donors (Lipinski definition) is 2. The quantitative estimate of drug-likeness (QED) is 0.634. The van der Waals surface area contributed by atoms with Gasteiger partial charge in [0.1, 0.15) is 0 Å². The van der Waals surface area contributed by atoms with Crippen LogP contribution in [0.2, 0.25) is 0 Å². The number of nitrogens with one attached hydrogen (secondary N) is 2. The van der Waals surface area contributed by atoms with Crippen molar-refractivity contribution in [2.45, 2.75) is 32.2 Å². The Morgan fingerprint density at radius 1 is 1.62 bits per heavy atom. The molecule has 3 heteroatoms. The predicted octanol–water partition coefficient (Wildman–Crippen LogP) is 0.821. The molecule has 1 fully saturated rings. The van der Waals surface area contributed by atoms with Gasteiger partial charge in [-0.05, 0) is 32.4 Å². The van der Waals surface area contributed by atoms with E-state index in [2.05, 4.69) is 10.6 Å². The normalized spacial score (nSPS) is 23.3. The van der Waals surface area contributed by atoms with Crippen molar-refractivity contribution in [1.29, 1.82) is 0 Å². The lowest BCUT2D eigenvalue weighted by Gasteiger charge is -2.23. The van der Waals surface area contributed by atoms with E-state index >= 15 is 0 Å². The largest absolute Gasteiger partial charge is 0.351 e. The first-order valence-electron chi connectivity index (χ1n) is 4.97. The van der Waals surface area contributed by atoms with Gasteiger partial charge < -0.3 is 10.6 Å². The van der Waals surface area contributed by atoms with E-state index in [1.54, 1.807) is 12.2 Å². The van der Waals surface area contributed by atoms with Gasteiger partial charge in [-0.15, -0.1) is 0 Å². The zero-order chi connectivity index (χ0) is 9.52. The molecule has 0 aromatic heterocycles.